The van der Waals surface area contributed by atoms with Crippen LogP contribution in [-0.4, -0.2) is 34.0 Å². The van der Waals surface area contributed by atoms with Crippen molar-refractivity contribution in [1.82, 2.24) is 9.88 Å². The van der Waals surface area contributed by atoms with Gasteiger partial charge in [0, 0.05) is 18.0 Å². The number of hydrogen-bond donors (Lipinski definition) is 1. The molecule has 20 heavy (non-hydrogen) atoms. The first-order valence-corrected chi connectivity index (χ1v) is 8.31. The summed E-state index contributed by atoms with van der Waals surface area (Å²) in [7, 11) is 0. The minimum absolute atomic E-state index is 0.0545. The van der Waals surface area contributed by atoms with Crippen molar-refractivity contribution in [3.63, 3.8) is 0 Å². The van der Waals surface area contributed by atoms with E-state index in [9.17, 15) is 4.79 Å². The summed E-state index contributed by atoms with van der Waals surface area (Å²) in [4.78, 5) is 19.1. The van der Waals surface area contributed by atoms with Gasteiger partial charge in [0.2, 0.25) is 0 Å². The highest BCUT2D eigenvalue weighted by molar-refractivity contribution is 7.11. The van der Waals surface area contributed by atoms with E-state index in [1.165, 1.54) is 12.8 Å². The fourth-order valence-electron chi connectivity index (χ4n) is 2.80. The van der Waals surface area contributed by atoms with E-state index in [0.29, 0.717) is 0 Å². The van der Waals surface area contributed by atoms with Crippen molar-refractivity contribution >= 4 is 17.3 Å². The number of aliphatic carboxylic acids is 1. The molecule has 0 saturated carbocycles. The van der Waals surface area contributed by atoms with Crippen molar-refractivity contribution < 1.29 is 9.90 Å². The van der Waals surface area contributed by atoms with Gasteiger partial charge in [0.1, 0.15) is 0 Å². The van der Waals surface area contributed by atoms with Crippen LogP contribution in [0.5, 0.6) is 0 Å². The number of hydrogen-bond acceptors (Lipinski definition) is 4. The minimum Gasteiger partial charge on any atom is -0.481 e. The summed E-state index contributed by atoms with van der Waals surface area (Å²) < 4.78 is 0. The summed E-state index contributed by atoms with van der Waals surface area (Å²) in [6.45, 7) is 7.53. The van der Waals surface area contributed by atoms with Gasteiger partial charge in [0.05, 0.1) is 17.1 Å². The second kappa shape index (κ2) is 7.18. The molecule has 1 aromatic heterocycles. The molecular weight excluding hydrogens is 272 g/mol. The number of nitrogens with zero attached hydrogens (tertiary/aromatic N) is 2. The molecule has 2 heterocycles. The standard InChI is InChI=1S/C15H24N2O2S/c1-3-5-14-16-12(8-15(18)19)13(20-14)10-17-7-4-6-11(2)9-17/h11H,3-10H2,1-2H3,(H,18,19). The number of carbonyl (C=O) groups is 1. The molecule has 1 N–H and O–H groups in total. The van der Waals surface area contributed by atoms with Gasteiger partial charge in [-0.2, -0.15) is 0 Å². The largest absolute Gasteiger partial charge is 0.481 e. The first kappa shape index (κ1) is 15.4. The lowest BCUT2D eigenvalue weighted by molar-refractivity contribution is -0.136. The molecule has 1 atom stereocenters. The number of thiazole rings is 1. The van der Waals surface area contributed by atoms with Crippen LogP contribution in [0.2, 0.25) is 0 Å². The van der Waals surface area contributed by atoms with Crippen molar-refractivity contribution in [2.75, 3.05) is 13.1 Å². The van der Waals surface area contributed by atoms with Crippen LogP contribution in [0.3, 0.4) is 0 Å². The molecule has 1 unspecified atom stereocenters. The molecule has 0 amide bonds. The smallest absolute Gasteiger partial charge is 0.309 e. The third-order valence-corrected chi connectivity index (χ3v) is 4.86. The lowest BCUT2D eigenvalue weighted by atomic mass is 10.0. The molecule has 1 saturated heterocycles. The second-order valence-electron chi connectivity index (χ2n) is 5.78. The van der Waals surface area contributed by atoms with Crippen molar-refractivity contribution in [3.8, 4) is 0 Å². The summed E-state index contributed by atoms with van der Waals surface area (Å²) in [5.74, 6) is -0.0404. The molecule has 0 spiro atoms. The monoisotopic (exact) mass is 296 g/mol. The van der Waals surface area contributed by atoms with E-state index in [1.54, 1.807) is 11.3 Å². The normalized spacial score (nSPS) is 20.2. The Kier molecular flexibility index (Phi) is 5.54. The quantitative estimate of drug-likeness (QED) is 0.877. The first-order chi connectivity index (χ1) is 9.58. The maximum atomic E-state index is 11.0. The number of rotatable bonds is 6. The number of aromatic nitrogens is 1. The van der Waals surface area contributed by atoms with Gasteiger partial charge in [-0.1, -0.05) is 13.8 Å². The number of carboxylic acids is 1. The Morgan fingerprint density at radius 3 is 3.00 bits per heavy atom. The van der Waals surface area contributed by atoms with Crippen molar-refractivity contribution in [2.45, 2.75) is 52.5 Å². The van der Waals surface area contributed by atoms with Gasteiger partial charge in [-0.15, -0.1) is 11.3 Å². The molecule has 0 aromatic carbocycles. The summed E-state index contributed by atoms with van der Waals surface area (Å²) in [5.41, 5.74) is 0.782. The highest BCUT2D eigenvalue weighted by Gasteiger charge is 2.20. The zero-order valence-electron chi connectivity index (χ0n) is 12.4. The number of carboxylic acid groups (broad SMARTS) is 1. The third kappa shape index (κ3) is 4.28. The van der Waals surface area contributed by atoms with Crippen LogP contribution in [0, 0.1) is 5.92 Å². The van der Waals surface area contributed by atoms with Gasteiger partial charge in [-0.05, 0) is 38.1 Å². The average molecular weight is 296 g/mol. The third-order valence-electron chi connectivity index (χ3n) is 3.71. The Morgan fingerprint density at radius 1 is 1.55 bits per heavy atom. The topological polar surface area (TPSA) is 53.4 Å². The number of likely N-dealkylation sites (tertiary alicyclic amines) is 1. The first-order valence-electron chi connectivity index (χ1n) is 7.50. The maximum Gasteiger partial charge on any atom is 0.309 e. The van der Waals surface area contributed by atoms with E-state index >= 15 is 0 Å². The van der Waals surface area contributed by atoms with Crippen LogP contribution in [0.25, 0.3) is 0 Å². The van der Waals surface area contributed by atoms with E-state index in [2.05, 4.69) is 23.7 Å². The molecule has 1 fully saturated rings. The van der Waals surface area contributed by atoms with Gasteiger partial charge in [0.25, 0.3) is 0 Å². The van der Waals surface area contributed by atoms with E-state index in [1.807, 2.05) is 0 Å². The molecule has 112 valence electrons. The Labute approximate surface area is 124 Å². The minimum atomic E-state index is -0.786. The Balaban J connectivity index is 2.09. The Morgan fingerprint density at radius 2 is 2.35 bits per heavy atom. The lowest BCUT2D eigenvalue weighted by Crippen LogP contribution is -2.33. The van der Waals surface area contributed by atoms with Gasteiger partial charge in [-0.3, -0.25) is 9.69 Å². The molecule has 4 nitrogen and oxygen atoms in total. The summed E-state index contributed by atoms with van der Waals surface area (Å²) >= 11 is 1.70. The SMILES string of the molecule is CCCc1nc(CC(=O)O)c(CN2CCCC(C)C2)s1. The lowest BCUT2D eigenvalue weighted by Gasteiger charge is -2.30. The van der Waals surface area contributed by atoms with Crippen LogP contribution in [0.1, 0.15) is 48.7 Å². The molecular formula is C15H24N2O2S. The summed E-state index contributed by atoms with van der Waals surface area (Å²) in [6, 6.07) is 0. The molecule has 5 heteroatoms. The molecule has 0 radical (unpaired) electrons. The predicted octanol–water partition coefficient (Wildman–Crippen LogP) is 2.95. The van der Waals surface area contributed by atoms with Gasteiger partial charge >= 0.3 is 5.97 Å². The van der Waals surface area contributed by atoms with E-state index in [-0.39, 0.29) is 6.42 Å². The van der Waals surface area contributed by atoms with Gasteiger partial charge in [-0.25, -0.2) is 4.98 Å². The summed E-state index contributed by atoms with van der Waals surface area (Å²) in [6.07, 6.45) is 4.62. The van der Waals surface area contributed by atoms with Crippen LogP contribution in [0.4, 0.5) is 0 Å². The Hall–Kier alpha value is -0.940. The van der Waals surface area contributed by atoms with Crippen LogP contribution in [-0.2, 0) is 24.2 Å². The van der Waals surface area contributed by atoms with Crippen LogP contribution in [0.15, 0.2) is 0 Å². The van der Waals surface area contributed by atoms with E-state index in [0.717, 1.165) is 54.0 Å². The maximum absolute atomic E-state index is 11.0. The molecule has 1 aliphatic rings. The van der Waals surface area contributed by atoms with E-state index < -0.39 is 5.97 Å². The van der Waals surface area contributed by atoms with E-state index in [4.69, 9.17) is 5.11 Å². The molecule has 1 aromatic rings. The second-order valence-corrected chi connectivity index (χ2v) is 6.95. The Bertz CT molecular complexity index is 459. The zero-order valence-corrected chi connectivity index (χ0v) is 13.2. The van der Waals surface area contributed by atoms with Gasteiger partial charge in [0.15, 0.2) is 0 Å². The average Bonchev–Trinajstić information content (AvgIpc) is 2.71. The zero-order chi connectivity index (χ0) is 14.5. The summed E-state index contributed by atoms with van der Waals surface area (Å²) in [5, 5.41) is 10.1. The van der Waals surface area contributed by atoms with Crippen molar-refractivity contribution in [1.29, 1.82) is 0 Å². The molecule has 2 rings (SSSR count). The number of piperidine rings is 1. The highest BCUT2D eigenvalue weighted by Crippen LogP contribution is 2.25. The number of aryl methyl sites for hydroxylation is 1. The fraction of sp³-hybridized carbons (Fsp3) is 0.733. The molecule has 0 aliphatic carbocycles. The molecule has 1 aliphatic heterocycles. The predicted molar refractivity (Wildman–Crippen MR) is 81.1 cm³/mol. The molecule has 0 bridgehead atoms. The van der Waals surface area contributed by atoms with Crippen molar-refractivity contribution in [3.05, 3.63) is 15.6 Å². The highest BCUT2D eigenvalue weighted by atomic mass is 32.1. The van der Waals surface area contributed by atoms with Crippen LogP contribution >= 0.6 is 11.3 Å². The van der Waals surface area contributed by atoms with Crippen molar-refractivity contribution in [2.24, 2.45) is 5.92 Å². The fourth-order valence-corrected chi connectivity index (χ4v) is 4.03. The van der Waals surface area contributed by atoms with Crippen LogP contribution < -0.4 is 0 Å². The van der Waals surface area contributed by atoms with Gasteiger partial charge < -0.3 is 5.11 Å².